The summed E-state index contributed by atoms with van der Waals surface area (Å²) in [7, 11) is 0. The van der Waals surface area contributed by atoms with Crippen LogP contribution >= 0.6 is 0 Å². The Morgan fingerprint density at radius 1 is 0.500 bits per heavy atom. The van der Waals surface area contributed by atoms with Gasteiger partial charge in [0.25, 0.3) is 0 Å². The highest BCUT2D eigenvalue weighted by Gasteiger charge is 2.14. The molecule has 0 saturated heterocycles. The minimum absolute atomic E-state index is 1.16. The topological polar surface area (TPSA) is 0 Å². The van der Waals surface area contributed by atoms with Gasteiger partial charge >= 0.3 is 0 Å². The van der Waals surface area contributed by atoms with Crippen LogP contribution in [0.4, 0.5) is 0 Å². The fraction of sp³-hybridized carbons (Fsp3) is 0. The number of rotatable bonds is 1. The van der Waals surface area contributed by atoms with Gasteiger partial charge in [-0.1, -0.05) is 84.9 Å². The first kappa shape index (κ1) is 13.9. The molecule has 0 aliphatic rings. The molecule has 0 heteroatoms. The van der Waals surface area contributed by atoms with E-state index in [0.29, 0.717) is 0 Å². The number of benzene rings is 6. The highest BCUT2D eigenvalue weighted by Crippen LogP contribution is 2.41. The van der Waals surface area contributed by atoms with E-state index >= 15 is 0 Å². The van der Waals surface area contributed by atoms with E-state index in [1.807, 2.05) is 6.07 Å². The van der Waals surface area contributed by atoms with Crippen molar-refractivity contribution in [2.45, 2.75) is 0 Å². The van der Waals surface area contributed by atoms with Gasteiger partial charge in [0.05, 0.1) is 0 Å². The van der Waals surface area contributed by atoms with Crippen LogP contribution < -0.4 is 0 Å². The molecule has 0 nitrogen and oxygen atoms in total. The van der Waals surface area contributed by atoms with Gasteiger partial charge in [-0.25, -0.2) is 0 Å². The lowest BCUT2D eigenvalue weighted by Gasteiger charge is -2.16. The van der Waals surface area contributed by atoms with Crippen molar-refractivity contribution in [3.63, 3.8) is 0 Å². The molecule has 0 amide bonds. The third kappa shape index (κ3) is 1.79. The second-order valence-electron chi connectivity index (χ2n) is 6.91. The first-order valence-electron chi connectivity index (χ1n) is 8.96. The van der Waals surface area contributed by atoms with Crippen LogP contribution in [0.3, 0.4) is 0 Å². The van der Waals surface area contributed by atoms with E-state index in [9.17, 15) is 0 Å². The number of hydrogen-bond donors (Lipinski definition) is 0. The van der Waals surface area contributed by atoms with Gasteiger partial charge < -0.3 is 0 Å². The van der Waals surface area contributed by atoms with Crippen LogP contribution in [-0.2, 0) is 0 Å². The lowest BCUT2D eigenvalue weighted by Crippen LogP contribution is -1.88. The van der Waals surface area contributed by atoms with Crippen LogP contribution in [-0.4, -0.2) is 0 Å². The highest BCUT2D eigenvalue weighted by atomic mass is 14.2. The fourth-order valence-corrected chi connectivity index (χ4v) is 4.37. The molecule has 0 saturated carbocycles. The van der Waals surface area contributed by atoms with Crippen LogP contribution in [0.15, 0.2) is 91.0 Å². The maximum absolute atomic E-state index is 3.37. The van der Waals surface area contributed by atoms with E-state index in [1.165, 1.54) is 48.8 Å². The summed E-state index contributed by atoms with van der Waals surface area (Å²) in [5.41, 5.74) is 2.57. The van der Waals surface area contributed by atoms with Crippen LogP contribution in [0.2, 0.25) is 0 Å². The molecule has 119 valence electrons. The van der Waals surface area contributed by atoms with Crippen LogP contribution in [0, 0.1) is 6.07 Å². The second-order valence-corrected chi connectivity index (χ2v) is 6.91. The maximum atomic E-state index is 3.37. The van der Waals surface area contributed by atoms with E-state index in [2.05, 4.69) is 91.0 Å². The monoisotopic (exact) mass is 327 g/mol. The molecule has 0 heterocycles. The summed E-state index contributed by atoms with van der Waals surface area (Å²) in [4.78, 5) is 0. The zero-order valence-electron chi connectivity index (χ0n) is 14.2. The third-order valence-electron chi connectivity index (χ3n) is 5.50. The van der Waals surface area contributed by atoms with Gasteiger partial charge in [0.1, 0.15) is 0 Å². The Morgan fingerprint density at radius 3 is 2.15 bits per heavy atom. The lowest BCUT2D eigenvalue weighted by molar-refractivity contribution is 1.70. The molecule has 6 aromatic carbocycles. The normalized spacial score (nSPS) is 11.8. The zero-order chi connectivity index (χ0) is 17.1. The summed E-state index contributed by atoms with van der Waals surface area (Å²) in [5, 5.41) is 10.4. The van der Waals surface area contributed by atoms with Crippen molar-refractivity contribution in [1.82, 2.24) is 0 Å². The molecule has 0 atom stereocenters. The van der Waals surface area contributed by atoms with Crippen molar-refractivity contribution >= 4 is 43.1 Å². The zero-order valence-corrected chi connectivity index (χ0v) is 14.2. The summed E-state index contributed by atoms with van der Waals surface area (Å²) >= 11 is 0. The quantitative estimate of drug-likeness (QED) is 0.280. The van der Waals surface area contributed by atoms with Crippen LogP contribution in [0.5, 0.6) is 0 Å². The Balaban J connectivity index is 1.87. The molecular weight excluding hydrogens is 312 g/mol. The van der Waals surface area contributed by atoms with Gasteiger partial charge in [0.15, 0.2) is 0 Å². The van der Waals surface area contributed by atoms with Crippen LogP contribution in [0.25, 0.3) is 54.2 Å². The molecule has 6 aromatic rings. The molecule has 0 aromatic heterocycles. The summed E-state index contributed by atoms with van der Waals surface area (Å²) in [6.07, 6.45) is 0. The second kappa shape index (κ2) is 5.06. The predicted octanol–water partition coefficient (Wildman–Crippen LogP) is 7.20. The maximum Gasteiger partial charge on any atom is -0.00206 e. The van der Waals surface area contributed by atoms with Crippen molar-refractivity contribution in [2.75, 3.05) is 0 Å². The average Bonchev–Trinajstić information content (AvgIpc) is 2.71. The van der Waals surface area contributed by atoms with Gasteiger partial charge in [-0.2, -0.15) is 0 Å². The minimum atomic E-state index is 1.16. The first-order valence-corrected chi connectivity index (χ1v) is 8.96. The molecule has 0 bridgehead atoms. The Kier molecular flexibility index (Phi) is 2.70. The van der Waals surface area contributed by atoms with Crippen LogP contribution in [0.1, 0.15) is 0 Å². The van der Waals surface area contributed by atoms with Crippen molar-refractivity contribution in [1.29, 1.82) is 0 Å². The van der Waals surface area contributed by atoms with Crippen molar-refractivity contribution in [3.8, 4) is 11.1 Å². The molecule has 0 fully saturated rings. The standard InChI is InChI=1S/C26H15/c1-2-11-21-17(6-1)7-4-12-22(21)24-16-20-10-3-8-18-14-15-19-9-5-13-23(24)26(19)25(18)20/h1-5,7-16H. The number of fused-ring (bicyclic) bond motifs is 1. The molecule has 0 aliphatic carbocycles. The Morgan fingerprint density at radius 2 is 1.23 bits per heavy atom. The van der Waals surface area contributed by atoms with E-state index in [4.69, 9.17) is 0 Å². The smallest absolute Gasteiger partial charge is 0.00206 e. The van der Waals surface area contributed by atoms with Gasteiger partial charge in [0.2, 0.25) is 0 Å². The first-order chi connectivity index (χ1) is 12.9. The van der Waals surface area contributed by atoms with Gasteiger partial charge in [0, 0.05) is 0 Å². The van der Waals surface area contributed by atoms with E-state index < -0.39 is 0 Å². The Hall–Kier alpha value is -3.38. The molecule has 0 spiro atoms. The summed E-state index contributed by atoms with van der Waals surface area (Å²) in [6.45, 7) is 0. The summed E-state index contributed by atoms with van der Waals surface area (Å²) in [6, 6.07) is 36.2. The molecule has 6 rings (SSSR count). The number of hydrogen-bond acceptors (Lipinski definition) is 0. The van der Waals surface area contributed by atoms with Crippen molar-refractivity contribution in [2.24, 2.45) is 0 Å². The average molecular weight is 327 g/mol. The lowest BCUT2D eigenvalue weighted by atomic mass is 9.87. The molecule has 0 unspecified atom stereocenters. The SMILES string of the molecule is [c]1cccc2c(-c3cc4cccc5ccc6cccc3c6c54)cccc12. The van der Waals surface area contributed by atoms with Crippen molar-refractivity contribution < 1.29 is 0 Å². The van der Waals surface area contributed by atoms with E-state index in [-0.39, 0.29) is 0 Å². The fourth-order valence-electron chi connectivity index (χ4n) is 4.37. The highest BCUT2D eigenvalue weighted by molar-refractivity contribution is 6.27. The molecule has 0 N–H and O–H groups in total. The summed E-state index contributed by atoms with van der Waals surface area (Å²) < 4.78 is 0. The van der Waals surface area contributed by atoms with Gasteiger partial charge in [-0.3, -0.25) is 0 Å². The molecular formula is C26H15. The largest absolute Gasteiger partial charge is 0.0610 e. The van der Waals surface area contributed by atoms with Gasteiger partial charge in [-0.15, -0.1) is 0 Å². The van der Waals surface area contributed by atoms with E-state index in [1.54, 1.807) is 0 Å². The third-order valence-corrected chi connectivity index (χ3v) is 5.50. The Labute approximate surface area is 151 Å². The van der Waals surface area contributed by atoms with Crippen molar-refractivity contribution in [3.05, 3.63) is 97.1 Å². The van der Waals surface area contributed by atoms with Gasteiger partial charge in [-0.05, 0) is 66.3 Å². The molecule has 0 aliphatic heterocycles. The summed E-state index contributed by atoms with van der Waals surface area (Å²) in [5.74, 6) is 0. The Bertz CT molecular complexity index is 1420. The molecule has 1 radical (unpaired) electrons. The minimum Gasteiger partial charge on any atom is -0.0610 e. The van der Waals surface area contributed by atoms with E-state index in [0.717, 1.165) is 5.39 Å². The predicted molar refractivity (Wildman–Crippen MR) is 112 cm³/mol. The molecule has 26 heavy (non-hydrogen) atoms.